The van der Waals surface area contributed by atoms with E-state index in [-0.39, 0.29) is 5.91 Å². The molecule has 0 aliphatic carbocycles. The second-order valence-electron chi connectivity index (χ2n) is 4.95. The Labute approximate surface area is 116 Å². The highest BCUT2D eigenvalue weighted by Crippen LogP contribution is 2.12. The Balaban J connectivity index is 2.44. The van der Waals surface area contributed by atoms with Crippen LogP contribution in [0, 0.1) is 5.92 Å². The summed E-state index contributed by atoms with van der Waals surface area (Å²) in [5, 5.41) is 0. The van der Waals surface area contributed by atoms with Crippen LogP contribution in [-0.2, 0) is 11.3 Å². The SMILES string of the molecule is CCN(Cc1ccccn1)C(=O)CCC(C)CCN. The summed E-state index contributed by atoms with van der Waals surface area (Å²) in [6, 6.07) is 5.78. The molecular weight excluding hydrogens is 238 g/mol. The summed E-state index contributed by atoms with van der Waals surface area (Å²) in [6.07, 6.45) is 4.26. The van der Waals surface area contributed by atoms with Crippen molar-refractivity contribution in [1.29, 1.82) is 0 Å². The van der Waals surface area contributed by atoms with E-state index in [9.17, 15) is 4.79 Å². The number of carbonyl (C=O) groups is 1. The van der Waals surface area contributed by atoms with Gasteiger partial charge in [-0.2, -0.15) is 0 Å². The molecule has 4 nitrogen and oxygen atoms in total. The van der Waals surface area contributed by atoms with Gasteiger partial charge in [-0.3, -0.25) is 9.78 Å². The van der Waals surface area contributed by atoms with Crippen LogP contribution in [0.15, 0.2) is 24.4 Å². The van der Waals surface area contributed by atoms with Crippen LogP contribution in [0.25, 0.3) is 0 Å². The molecule has 19 heavy (non-hydrogen) atoms. The van der Waals surface area contributed by atoms with Gasteiger partial charge in [0.05, 0.1) is 12.2 Å². The smallest absolute Gasteiger partial charge is 0.222 e. The van der Waals surface area contributed by atoms with E-state index < -0.39 is 0 Å². The third kappa shape index (κ3) is 5.83. The second kappa shape index (κ2) is 8.64. The molecule has 0 bridgehead atoms. The monoisotopic (exact) mass is 263 g/mol. The quantitative estimate of drug-likeness (QED) is 0.782. The summed E-state index contributed by atoms with van der Waals surface area (Å²) < 4.78 is 0. The lowest BCUT2D eigenvalue weighted by molar-refractivity contribution is -0.132. The molecule has 0 saturated carbocycles. The fraction of sp³-hybridized carbons (Fsp3) is 0.600. The van der Waals surface area contributed by atoms with Crippen LogP contribution < -0.4 is 5.73 Å². The molecule has 1 aromatic heterocycles. The van der Waals surface area contributed by atoms with Crippen molar-refractivity contribution in [2.45, 2.75) is 39.7 Å². The van der Waals surface area contributed by atoms with Gasteiger partial charge in [-0.15, -0.1) is 0 Å². The average molecular weight is 263 g/mol. The number of carbonyl (C=O) groups excluding carboxylic acids is 1. The maximum absolute atomic E-state index is 12.2. The topological polar surface area (TPSA) is 59.2 Å². The number of rotatable bonds is 8. The average Bonchev–Trinajstić information content (AvgIpc) is 2.43. The van der Waals surface area contributed by atoms with E-state index in [1.165, 1.54) is 0 Å². The highest BCUT2D eigenvalue weighted by atomic mass is 16.2. The molecule has 106 valence electrons. The first-order valence-corrected chi connectivity index (χ1v) is 7.05. The van der Waals surface area contributed by atoms with Crippen molar-refractivity contribution in [3.05, 3.63) is 30.1 Å². The lowest BCUT2D eigenvalue weighted by Crippen LogP contribution is -2.30. The third-order valence-corrected chi connectivity index (χ3v) is 3.32. The van der Waals surface area contributed by atoms with Gasteiger partial charge in [-0.25, -0.2) is 0 Å². The molecule has 1 atom stereocenters. The summed E-state index contributed by atoms with van der Waals surface area (Å²) in [4.78, 5) is 18.3. The molecule has 0 spiro atoms. The van der Waals surface area contributed by atoms with Gasteiger partial charge in [-0.05, 0) is 44.4 Å². The number of hydrogen-bond donors (Lipinski definition) is 1. The molecule has 1 rings (SSSR count). The van der Waals surface area contributed by atoms with Crippen molar-refractivity contribution in [3.8, 4) is 0 Å². The van der Waals surface area contributed by atoms with Crippen LogP contribution in [0.1, 0.15) is 38.8 Å². The van der Waals surface area contributed by atoms with E-state index >= 15 is 0 Å². The van der Waals surface area contributed by atoms with Crippen LogP contribution in [0.2, 0.25) is 0 Å². The van der Waals surface area contributed by atoms with E-state index in [1.807, 2.05) is 30.0 Å². The van der Waals surface area contributed by atoms with Crippen molar-refractivity contribution in [1.82, 2.24) is 9.88 Å². The Morgan fingerprint density at radius 3 is 2.79 bits per heavy atom. The standard InChI is InChI=1S/C15H25N3O/c1-3-18(12-14-6-4-5-11-17-14)15(19)8-7-13(2)9-10-16/h4-6,11,13H,3,7-10,12,16H2,1-2H3. The summed E-state index contributed by atoms with van der Waals surface area (Å²) in [6.45, 7) is 6.17. The number of hydrogen-bond acceptors (Lipinski definition) is 3. The summed E-state index contributed by atoms with van der Waals surface area (Å²) in [5.41, 5.74) is 6.46. The summed E-state index contributed by atoms with van der Waals surface area (Å²) >= 11 is 0. The lowest BCUT2D eigenvalue weighted by atomic mass is 10.0. The number of amides is 1. The Hall–Kier alpha value is -1.42. The molecular formula is C15H25N3O. The van der Waals surface area contributed by atoms with Gasteiger partial charge in [0.2, 0.25) is 5.91 Å². The van der Waals surface area contributed by atoms with E-state index in [1.54, 1.807) is 6.20 Å². The zero-order valence-corrected chi connectivity index (χ0v) is 12.0. The Kier molecular flexibility index (Phi) is 7.11. The normalized spacial score (nSPS) is 12.2. The first-order chi connectivity index (χ1) is 9.17. The molecule has 0 radical (unpaired) electrons. The molecule has 2 N–H and O–H groups in total. The minimum Gasteiger partial charge on any atom is -0.337 e. The zero-order chi connectivity index (χ0) is 14.1. The Bertz CT molecular complexity index is 367. The number of pyridine rings is 1. The summed E-state index contributed by atoms with van der Waals surface area (Å²) in [5.74, 6) is 0.722. The molecule has 4 heteroatoms. The maximum atomic E-state index is 12.2. The van der Waals surface area contributed by atoms with Crippen molar-refractivity contribution in [2.75, 3.05) is 13.1 Å². The van der Waals surface area contributed by atoms with E-state index in [2.05, 4.69) is 11.9 Å². The molecule has 1 unspecified atom stereocenters. The van der Waals surface area contributed by atoms with E-state index in [0.717, 1.165) is 25.1 Å². The van der Waals surface area contributed by atoms with Crippen LogP contribution in [0.5, 0.6) is 0 Å². The second-order valence-corrected chi connectivity index (χ2v) is 4.95. The molecule has 0 aliphatic heterocycles. The molecule has 1 heterocycles. The van der Waals surface area contributed by atoms with Gasteiger partial charge in [-0.1, -0.05) is 13.0 Å². The fourth-order valence-corrected chi connectivity index (χ4v) is 2.02. The van der Waals surface area contributed by atoms with Gasteiger partial charge >= 0.3 is 0 Å². The van der Waals surface area contributed by atoms with Gasteiger partial charge in [0.15, 0.2) is 0 Å². The van der Waals surface area contributed by atoms with Crippen molar-refractivity contribution in [3.63, 3.8) is 0 Å². The minimum atomic E-state index is 0.206. The van der Waals surface area contributed by atoms with Crippen molar-refractivity contribution >= 4 is 5.91 Å². The number of nitrogens with zero attached hydrogens (tertiary/aromatic N) is 2. The Morgan fingerprint density at radius 2 is 2.21 bits per heavy atom. The molecule has 0 saturated heterocycles. The highest BCUT2D eigenvalue weighted by Gasteiger charge is 2.13. The van der Waals surface area contributed by atoms with Crippen molar-refractivity contribution in [2.24, 2.45) is 11.7 Å². The highest BCUT2D eigenvalue weighted by molar-refractivity contribution is 5.76. The van der Waals surface area contributed by atoms with Crippen LogP contribution in [-0.4, -0.2) is 28.9 Å². The minimum absolute atomic E-state index is 0.206. The van der Waals surface area contributed by atoms with Crippen LogP contribution in [0.3, 0.4) is 0 Å². The number of aromatic nitrogens is 1. The van der Waals surface area contributed by atoms with Crippen LogP contribution >= 0.6 is 0 Å². The van der Waals surface area contributed by atoms with E-state index in [4.69, 9.17) is 5.73 Å². The molecule has 1 aromatic rings. The largest absolute Gasteiger partial charge is 0.337 e. The molecule has 1 amide bonds. The maximum Gasteiger partial charge on any atom is 0.222 e. The van der Waals surface area contributed by atoms with E-state index in [0.29, 0.717) is 25.4 Å². The lowest BCUT2D eigenvalue weighted by Gasteiger charge is -2.21. The van der Waals surface area contributed by atoms with Gasteiger partial charge in [0.1, 0.15) is 0 Å². The third-order valence-electron chi connectivity index (χ3n) is 3.32. The van der Waals surface area contributed by atoms with Gasteiger partial charge in [0, 0.05) is 19.2 Å². The van der Waals surface area contributed by atoms with Crippen LogP contribution in [0.4, 0.5) is 0 Å². The predicted molar refractivity (Wildman–Crippen MR) is 77.4 cm³/mol. The predicted octanol–water partition coefficient (Wildman–Crippen LogP) is 2.20. The van der Waals surface area contributed by atoms with Gasteiger partial charge < -0.3 is 10.6 Å². The van der Waals surface area contributed by atoms with Crippen molar-refractivity contribution < 1.29 is 4.79 Å². The fourth-order valence-electron chi connectivity index (χ4n) is 2.02. The number of nitrogens with two attached hydrogens (primary N) is 1. The summed E-state index contributed by atoms with van der Waals surface area (Å²) in [7, 11) is 0. The first kappa shape index (κ1) is 15.6. The zero-order valence-electron chi connectivity index (χ0n) is 12.0. The molecule has 0 aromatic carbocycles. The molecule has 0 fully saturated rings. The Morgan fingerprint density at radius 1 is 1.42 bits per heavy atom. The first-order valence-electron chi connectivity index (χ1n) is 7.05. The molecule has 0 aliphatic rings. The van der Waals surface area contributed by atoms with Gasteiger partial charge in [0.25, 0.3) is 0 Å².